The van der Waals surface area contributed by atoms with E-state index >= 15 is 8.78 Å². The molecule has 0 atom stereocenters. The molecule has 0 N–H and O–H groups in total. The van der Waals surface area contributed by atoms with Crippen molar-refractivity contribution in [2.45, 2.75) is 109 Å². The lowest BCUT2D eigenvalue weighted by atomic mass is 9.75. The van der Waals surface area contributed by atoms with Crippen LogP contribution >= 0.6 is 0 Å². The normalized spacial score (nSPS) is 24.6. The van der Waals surface area contributed by atoms with E-state index in [4.69, 9.17) is 4.74 Å². The lowest BCUT2D eigenvalue weighted by Gasteiger charge is -2.31. The molecule has 0 spiro atoms. The SMILES string of the molecule is CCCCc1ccc(OCC2CCC(c3ccc(C4CCC(CCC)CC4)c(F)c3F)CC2)cc1F. The van der Waals surface area contributed by atoms with Gasteiger partial charge in [0.05, 0.1) is 6.61 Å². The Labute approximate surface area is 215 Å². The van der Waals surface area contributed by atoms with Gasteiger partial charge in [-0.3, -0.25) is 0 Å². The van der Waals surface area contributed by atoms with Gasteiger partial charge in [-0.15, -0.1) is 0 Å². The zero-order chi connectivity index (χ0) is 25.5. The van der Waals surface area contributed by atoms with E-state index in [0.717, 1.165) is 82.1 Å². The number of hydrogen-bond donors (Lipinski definition) is 0. The molecule has 0 aromatic heterocycles. The number of ether oxygens (including phenoxy) is 1. The maximum Gasteiger partial charge on any atom is 0.162 e. The van der Waals surface area contributed by atoms with Gasteiger partial charge in [0.1, 0.15) is 11.6 Å². The number of benzene rings is 2. The summed E-state index contributed by atoms with van der Waals surface area (Å²) in [6.45, 7) is 4.86. The zero-order valence-electron chi connectivity index (χ0n) is 22.1. The van der Waals surface area contributed by atoms with Crippen molar-refractivity contribution in [3.8, 4) is 5.75 Å². The second-order valence-corrected chi connectivity index (χ2v) is 11.3. The first-order valence-corrected chi connectivity index (χ1v) is 14.4. The summed E-state index contributed by atoms with van der Waals surface area (Å²) in [5.74, 6) is 0.460. The molecule has 2 saturated carbocycles. The van der Waals surface area contributed by atoms with E-state index in [0.29, 0.717) is 29.4 Å². The molecule has 0 unspecified atom stereocenters. The Kier molecular flexibility index (Phi) is 9.79. The highest BCUT2D eigenvalue weighted by atomic mass is 19.2. The predicted molar refractivity (Wildman–Crippen MR) is 141 cm³/mol. The van der Waals surface area contributed by atoms with E-state index in [1.54, 1.807) is 0 Å². The molecule has 4 rings (SSSR count). The van der Waals surface area contributed by atoms with Gasteiger partial charge in [-0.1, -0.05) is 51.3 Å². The number of unbranched alkanes of at least 4 members (excludes halogenated alkanes) is 1. The number of hydrogen-bond acceptors (Lipinski definition) is 1. The van der Waals surface area contributed by atoms with Crippen LogP contribution in [0, 0.1) is 29.3 Å². The Morgan fingerprint density at radius 2 is 1.31 bits per heavy atom. The molecule has 2 aliphatic carbocycles. The summed E-state index contributed by atoms with van der Waals surface area (Å²) >= 11 is 0. The van der Waals surface area contributed by atoms with E-state index < -0.39 is 11.6 Å². The summed E-state index contributed by atoms with van der Waals surface area (Å²) in [5.41, 5.74) is 1.87. The topological polar surface area (TPSA) is 9.23 Å². The van der Waals surface area contributed by atoms with Gasteiger partial charge in [-0.05, 0) is 111 Å². The van der Waals surface area contributed by atoms with Gasteiger partial charge in [0.25, 0.3) is 0 Å². The van der Waals surface area contributed by atoms with Crippen LogP contribution in [-0.2, 0) is 6.42 Å². The van der Waals surface area contributed by atoms with Crippen LogP contribution in [0.5, 0.6) is 5.75 Å². The van der Waals surface area contributed by atoms with Crippen LogP contribution in [-0.4, -0.2) is 6.61 Å². The zero-order valence-corrected chi connectivity index (χ0v) is 22.1. The first kappa shape index (κ1) is 27.1. The minimum absolute atomic E-state index is 0.0559. The fourth-order valence-corrected chi connectivity index (χ4v) is 6.42. The highest BCUT2D eigenvalue weighted by Crippen LogP contribution is 2.42. The number of halogens is 3. The Balaban J connectivity index is 1.28. The fourth-order valence-electron chi connectivity index (χ4n) is 6.42. The first-order chi connectivity index (χ1) is 17.5. The molecule has 2 aromatic rings. The summed E-state index contributed by atoms with van der Waals surface area (Å²) in [6.07, 6.45) is 12.9. The molecule has 4 heteroatoms. The molecule has 0 heterocycles. The molecule has 0 amide bonds. The quantitative estimate of drug-likeness (QED) is 0.315. The second-order valence-electron chi connectivity index (χ2n) is 11.3. The minimum atomic E-state index is -0.624. The molecule has 2 fully saturated rings. The molecular formula is C32H43F3O. The third-order valence-corrected chi connectivity index (χ3v) is 8.72. The molecule has 0 aliphatic heterocycles. The standard InChI is InChI=1S/C32H43F3O/c1-3-5-7-26-16-17-27(20-30(26)33)36-21-23-10-14-25(15-11-23)29-19-18-28(31(34)32(29)35)24-12-8-22(6-4-2)9-13-24/h16-20,22-25H,3-15,21H2,1-2H3. The Hall–Kier alpha value is -1.97. The average molecular weight is 501 g/mol. The third-order valence-electron chi connectivity index (χ3n) is 8.72. The molecule has 2 aromatic carbocycles. The minimum Gasteiger partial charge on any atom is -0.493 e. The molecule has 0 saturated heterocycles. The highest BCUT2D eigenvalue weighted by molar-refractivity contribution is 5.32. The van der Waals surface area contributed by atoms with E-state index in [9.17, 15) is 4.39 Å². The second kappa shape index (κ2) is 13.0. The Morgan fingerprint density at radius 1 is 0.722 bits per heavy atom. The van der Waals surface area contributed by atoms with Crippen LogP contribution in [0.15, 0.2) is 30.3 Å². The van der Waals surface area contributed by atoms with Gasteiger partial charge in [-0.25, -0.2) is 13.2 Å². The molecular weight excluding hydrogens is 457 g/mol. The van der Waals surface area contributed by atoms with Crippen molar-refractivity contribution in [2.24, 2.45) is 11.8 Å². The molecule has 0 bridgehead atoms. The summed E-state index contributed by atoms with van der Waals surface area (Å²) in [5, 5.41) is 0. The van der Waals surface area contributed by atoms with Crippen molar-refractivity contribution in [3.63, 3.8) is 0 Å². The van der Waals surface area contributed by atoms with Crippen molar-refractivity contribution >= 4 is 0 Å². The number of aryl methyl sites for hydroxylation is 1. The van der Waals surface area contributed by atoms with E-state index in [-0.39, 0.29) is 17.7 Å². The van der Waals surface area contributed by atoms with Crippen molar-refractivity contribution < 1.29 is 17.9 Å². The third kappa shape index (κ3) is 6.66. The van der Waals surface area contributed by atoms with Gasteiger partial charge in [-0.2, -0.15) is 0 Å². The molecule has 0 radical (unpaired) electrons. The number of rotatable bonds is 10. The van der Waals surface area contributed by atoms with Gasteiger partial charge in [0, 0.05) is 6.07 Å². The highest BCUT2D eigenvalue weighted by Gasteiger charge is 2.29. The van der Waals surface area contributed by atoms with Crippen molar-refractivity contribution in [3.05, 3.63) is 64.5 Å². The molecule has 198 valence electrons. The van der Waals surface area contributed by atoms with E-state index in [1.165, 1.54) is 18.9 Å². The van der Waals surface area contributed by atoms with Crippen molar-refractivity contribution in [1.29, 1.82) is 0 Å². The largest absolute Gasteiger partial charge is 0.493 e. The van der Waals surface area contributed by atoms with E-state index in [2.05, 4.69) is 13.8 Å². The monoisotopic (exact) mass is 500 g/mol. The lowest BCUT2D eigenvalue weighted by Crippen LogP contribution is -2.20. The van der Waals surface area contributed by atoms with Gasteiger partial charge >= 0.3 is 0 Å². The Bertz CT molecular complexity index is 972. The fraction of sp³-hybridized carbons (Fsp3) is 0.625. The van der Waals surface area contributed by atoms with Crippen LogP contribution in [0.2, 0.25) is 0 Å². The maximum absolute atomic E-state index is 15.2. The average Bonchev–Trinajstić information content (AvgIpc) is 2.90. The lowest BCUT2D eigenvalue weighted by molar-refractivity contribution is 0.198. The summed E-state index contributed by atoms with van der Waals surface area (Å²) in [4.78, 5) is 0. The summed E-state index contributed by atoms with van der Waals surface area (Å²) < 4.78 is 50.5. The molecule has 36 heavy (non-hydrogen) atoms. The first-order valence-electron chi connectivity index (χ1n) is 14.4. The van der Waals surface area contributed by atoms with Crippen LogP contribution < -0.4 is 4.74 Å². The van der Waals surface area contributed by atoms with Crippen LogP contribution in [0.1, 0.15) is 119 Å². The summed E-state index contributed by atoms with van der Waals surface area (Å²) in [6, 6.07) is 8.90. The van der Waals surface area contributed by atoms with E-state index in [1.807, 2.05) is 24.3 Å². The predicted octanol–water partition coefficient (Wildman–Crippen LogP) is 9.87. The van der Waals surface area contributed by atoms with Crippen LogP contribution in [0.25, 0.3) is 0 Å². The van der Waals surface area contributed by atoms with Crippen LogP contribution in [0.4, 0.5) is 13.2 Å². The summed E-state index contributed by atoms with van der Waals surface area (Å²) in [7, 11) is 0. The maximum atomic E-state index is 15.2. The van der Waals surface area contributed by atoms with Crippen molar-refractivity contribution in [2.75, 3.05) is 6.61 Å². The molecule has 2 aliphatic rings. The van der Waals surface area contributed by atoms with Gasteiger partial charge < -0.3 is 4.74 Å². The van der Waals surface area contributed by atoms with Gasteiger partial charge in [0.15, 0.2) is 11.6 Å². The smallest absolute Gasteiger partial charge is 0.162 e. The molecule has 1 nitrogen and oxygen atoms in total. The van der Waals surface area contributed by atoms with Crippen molar-refractivity contribution in [1.82, 2.24) is 0 Å². The van der Waals surface area contributed by atoms with Gasteiger partial charge in [0.2, 0.25) is 0 Å². The van der Waals surface area contributed by atoms with Crippen LogP contribution in [0.3, 0.4) is 0 Å². The Morgan fingerprint density at radius 3 is 1.83 bits per heavy atom.